The van der Waals surface area contributed by atoms with Gasteiger partial charge in [0.1, 0.15) is 6.61 Å². The number of amides is 1. The summed E-state index contributed by atoms with van der Waals surface area (Å²) < 4.78 is 26.0. The minimum atomic E-state index is -0.457. The number of benzene rings is 2. The molecule has 1 amide bonds. The van der Waals surface area contributed by atoms with Crippen LogP contribution in [0.1, 0.15) is 43.5 Å². The molecule has 2 atom stereocenters. The summed E-state index contributed by atoms with van der Waals surface area (Å²) in [6.07, 6.45) is 0.134. The van der Waals surface area contributed by atoms with Crippen LogP contribution in [0.3, 0.4) is 0 Å². The molecule has 0 saturated heterocycles. The van der Waals surface area contributed by atoms with E-state index >= 15 is 4.39 Å². The summed E-state index contributed by atoms with van der Waals surface area (Å²) in [7, 11) is 1.38. The molecular weight excluding hydrogens is 472 g/mol. The third kappa shape index (κ3) is 4.11. The van der Waals surface area contributed by atoms with Crippen LogP contribution in [0.4, 0.5) is 9.18 Å². The monoisotopic (exact) mass is 497 g/mol. The van der Waals surface area contributed by atoms with Crippen LogP contribution in [0, 0.1) is 5.82 Å². The van der Waals surface area contributed by atoms with Gasteiger partial charge in [-0.25, -0.2) is 9.18 Å². The lowest BCUT2D eigenvalue weighted by Gasteiger charge is -2.40. The number of carbonyl (C=O) groups excluding carboxylic acids is 1. The van der Waals surface area contributed by atoms with Gasteiger partial charge < -0.3 is 9.47 Å². The van der Waals surface area contributed by atoms with Crippen LogP contribution in [0.5, 0.6) is 5.75 Å². The van der Waals surface area contributed by atoms with Crippen LogP contribution in [0.15, 0.2) is 42.5 Å². The zero-order valence-corrected chi connectivity index (χ0v) is 18.7. The highest BCUT2D eigenvalue weighted by molar-refractivity contribution is 14.1. The predicted octanol–water partition coefficient (Wildman–Crippen LogP) is 5.67. The van der Waals surface area contributed by atoms with E-state index in [1.807, 2.05) is 57.2 Å². The van der Waals surface area contributed by atoms with Gasteiger partial charge in [-0.3, -0.25) is 4.90 Å². The Balaban J connectivity index is 1.91. The van der Waals surface area contributed by atoms with E-state index in [0.29, 0.717) is 18.6 Å². The summed E-state index contributed by atoms with van der Waals surface area (Å²) in [4.78, 5) is 14.2. The molecule has 3 rings (SSSR count). The maximum atomic E-state index is 15.2. The van der Waals surface area contributed by atoms with Gasteiger partial charge in [-0.15, -0.1) is 0 Å². The van der Waals surface area contributed by atoms with Gasteiger partial charge in [0.05, 0.1) is 13.2 Å². The second kappa shape index (κ2) is 8.27. The van der Waals surface area contributed by atoms with E-state index in [1.165, 1.54) is 7.11 Å². The topological polar surface area (TPSA) is 38.8 Å². The van der Waals surface area contributed by atoms with Crippen LogP contribution >= 0.6 is 22.6 Å². The summed E-state index contributed by atoms with van der Waals surface area (Å²) in [5.41, 5.74) is 1.97. The molecule has 2 aromatic rings. The van der Waals surface area contributed by atoms with Gasteiger partial charge in [0.15, 0.2) is 11.6 Å². The number of alkyl halides is 1. The van der Waals surface area contributed by atoms with E-state index in [0.717, 1.165) is 11.1 Å². The van der Waals surface area contributed by atoms with Gasteiger partial charge in [-0.2, -0.15) is 0 Å². The van der Waals surface area contributed by atoms with Gasteiger partial charge in [-0.1, -0.05) is 59.0 Å². The highest BCUT2D eigenvalue weighted by Gasteiger charge is 2.44. The van der Waals surface area contributed by atoms with Crippen LogP contribution in [-0.2, 0) is 17.8 Å². The number of rotatable bonds is 4. The zero-order chi connectivity index (χ0) is 20.5. The number of ether oxygens (including phenoxy) is 2. The van der Waals surface area contributed by atoms with Crippen LogP contribution in [0.25, 0.3) is 0 Å². The molecule has 0 fully saturated rings. The second-order valence-electron chi connectivity index (χ2n) is 7.90. The summed E-state index contributed by atoms with van der Waals surface area (Å²) in [6.45, 7) is 6.18. The summed E-state index contributed by atoms with van der Waals surface area (Å²) >= 11 is 2.30. The molecule has 0 spiro atoms. The molecule has 0 radical (unpaired) electrons. The van der Waals surface area contributed by atoms with Crippen molar-refractivity contribution < 1.29 is 18.7 Å². The van der Waals surface area contributed by atoms with Gasteiger partial charge in [0, 0.05) is 9.46 Å². The predicted molar refractivity (Wildman–Crippen MR) is 115 cm³/mol. The molecule has 0 N–H and O–H groups in total. The molecule has 28 heavy (non-hydrogen) atoms. The Bertz CT molecular complexity index is 851. The maximum Gasteiger partial charge on any atom is 0.410 e. The fraction of sp³-hybridized carbons (Fsp3) is 0.409. The summed E-state index contributed by atoms with van der Waals surface area (Å²) in [6, 6.07) is 13.0. The summed E-state index contributed by atoms with van der Waals surface area (Å²) in [5.74, 6) is -0.0939. The van der Waals surface area contributed by atoms with Gasteiger partial charge in [-0.05, 0) is 49.9 Å². The molecule has 0 saturated carbocycles. The maximum absolute atomic E-state index is 15.2. The first-order valence-electron chi connectivity index (χ1n) is 9.23. The molecule has 2 aromatic carbocycles. The Morgan fingerprint density at radius 1 is 1.21 bits per heavy atom. The second-order valence-corrected chi connectivity index (χ2v) is 9.50. The summed E-state index contributed by atoms with van der Waals surface area (Å²) in [5, 5.41) is 0. The molecular formula is C22H25FINO3. The van der Waals surface area contributed by atoms with Crippen molar-refractivity contribution in [1.82, 2.24) is 4.90 Å². The van der Waals surface area contributed by atoms with Crippen molar-refractivity contribution in [2.45, 2.75) is 49.3 Å². The molecule has 2 unspecified atom stereocenters. The Hall–Kier alpha value is -1.83. The number of nitrogens with zero attached hydrogens (tertiary/aromatic N) is 1. The standard InChI is InChI=1S/C22H25FINO3/c1-22(2,3)25(21(26)27-4)20-15-10-11-18(19(23)16(15)12-17(20)24)28-13-14-8-6-5-7-9-14/h5-11,17,20H,12-13H2,1-4H3. The number of carbonyl (C=O) groups is 1. The lowest BCUT2D eigenvalue weighted by molar-refractivity contribution is 0.0591. The third-order valence-corrected chi connectivity index (χ3v) is 6.04. The smallest absolute Gasteiger partial charge is 0.410 e. The van der Waals surface area contributed by atoms with E-state index < -0.39 is 11.6 Å². The number of halogens is 2. The van der Waals surface area contributed by atoms with Crippen LogP contribution in [0.2, 0.25) is 0 Å². The number of fused-ring (bicyclic) bond motifs is 1. The minimum Gasteiger partial charge on any atom is -0.486 e. The third-order valence-electron chi connectivity index (χ3n) is 4.91. The zero-order valence-electron chi connectivity index (χ0n) is 16.5. The van der Waals surface area contributed by atoms with Crippen LogP contribution < -0.4 is 4.74 Å². The molecule has 6 heteroatoms. The number of hydrogen-bond acceptors (Lipinski definition) is 3. The number of hydrogen-bond donors (Lipinski definition) is 0. The average Bonchev–Trinajstić information content (AvgIpc) is 2.98. The lowest BCUT2D eigenvalue weighted by atomic mass is 9.99. The fourth-order valence-corrected chi connectivity index (χ4v) is 4.80. The molecule has 4 nitrogen and oxygen atoms in total. The molecule has 1 aliphatic carbocycles. The van der Waals surface area contributed by atoms with E-state index in [9.17, 15) is 4.79 Å². The van der Waals surface area contributed by atoms with Gasteiger partial charge >= 0.3 is 6.09 Å². The van der Waals surface area contributed by atoms with Crippen LogP contribution in [-0.4, -0.2) is 27.6 Å². The Labute approximate surface area is 179 Å². The van der Waals surface area contributed by atoms with Crippen molar-refractivity contribution in [3.05, 3.63) is 65.0 Å². The highest BCUT2D eigenvalue weighted by atomic mass is 127. The van der Waals surface area contributed by atoms with Gasteiger partial charge in [0.25, 0.3) is 0 Å². The van der Waals surface area contributed by atoms with Crippen molar-refractivity contribution in [3.8, 4) is 5.75 Å². The van der Waals surface area contributed by atoms with E-state index in [1.54, 1.807) is 11.0 Å². The first-order chi connectivity index (χ1) is 13.2. The van der Waals surface area contributed by atoms with Crippen molar-refractivity contribution in [2.24, 2.45) is 0 Å². The first-order valence-corrected chi connectivity index (χ1v) is 10.5. The quantitative estimate of drug-likeness (QED) is 0.404. The molecule has 0 aromatic heterocycles. The largest absolute Gasteiger partial charge is 0.486 e. The molecule has 0 aliphatic heterocycles. The Morgan fingerprint density at radius 2 is 1.89 bits per heavy atom. The molecule has 150 valence electrons. The molecule has 0 bridgehead atoms. The van der Waals surface area contributed by atoms with E-state index in [4.69, 9.17) is 9.47 Å². The van der Waals surface area contributed by atoms with Crippen molar-refractivity contribution in [1.29, 1.82) is 0 Å². The van der Waals surface area contributed by atoms with E-state index in [-0.39, 0.29) is 21.5 Å². The van der Waals surface area contributed by atoms with E-state index in [2.05, 4.69) is 22.6 Å². The lowest BCUT2D eigenvalue weighted by Crippen LogP contribution is -2.49. The molecule has 1 aliphatic rings. The molecule has 0 heterocycles. The Morgan fingerprint density at radius 3 is 2.50 bits per heavy atom. The SMILES string of the molecule is COC(=O)N(C1c2ccc(OCc3ccccc3)c(F)c2CC1I)C(C)(C)C. The van der Waals surface area contributed by atoms with Crippen molar-refractivity contribution in [2.75, 3.05) is 7.11 Å². The normalized spacial score (nSPS) is 18.5. The first kappa shape index (κ1) is 20.9. The fourth-order valence-electron chi connectivity index (χ4n) is 3.65. The highest BCUT2D eigenvalue weighted by Crippen LogP contribution is 2.45. The van der Waals surface area contributed by atoms with Crippen molar-refractivity contribution >= 4 is 28.7 Å². The Kier molecular flexibility index (Phi) is 6.17. The average molecular weight is 497 g/mol. The minimum absolute atomic E-state index is 0.0461. The van der Waals surface area contributed by atoms with Crippen molar-refractivity contribution in [3.63, 3.8) is 0 Å². The van der Waals surface area contributed by atoms with Gasteiger partial charge in [0.2, 0.25) is 0 Å². The number of methoxy groups -OCH3 is 1.